The van der Waals surface area contributed by atoms with E-state index < -0.39 is 0 Å². The largest absolute Gasteiger partial charge is 0.315 e. The maximum absolute atomic E-state index is 3.56. The van der Waals surface area contributed by atoms with Crippen LogP contribution in [0.25, 0.3) is 0 Å². The van der Waals surface area contributed by atoms with E-state index in [1.807, 2.05) is 0 Å². The lowest BCUT2D eigenvalue weighted by Crippen LogP contribution is -2.49. The van der Waals surface area contributed by atoms with Crippen LogP contribution in [0.3, 0.4) is 0 Å². The Bertz CT molecular complexity index is 199. The van der Waals surface area contributed by atoms with Gasteiger partial charge in [-0.25, -0.2) is 0 Å². The molecule has 1 saturated heterocycles. The first-order valence-electron chi connectivity index (χ1n) is 7.31. The van der Waals surface area contributed by atoms with Crippen LogP contribution >= 0.6 is 0 Å². The molecule has 2 rings (SSSR count). The van der Waals surface area contributed by atoms with E-state index in [1.54, 1.807) is 0 Å². The number of nitrogens with zero attached hydrogens (tertiary/aromatic N) is 1. The van der Waals surface area contributed by atoms with E-state index in [0.717, 1.165) is 18.0 Å². The molecule has 0 spiro atoms. The van der Waals surface area contributed by atoms with Crippen LogP contribution in [0, 0.1) is 5.92 Å². The maximum Gasteiger partial charge on any atom is 0.0223 e. The predicted octanol–water partition coefficient (Wildman–Crippen LogP) is 2.64. The number of nitrogens with one attached hydrogen (secondary N) is 1. The Morgan fingerprint density at radius 3 is 2.56 bits per heavy atom. The van der Waals surface area contributed by atoms with Crippen molar-refractivity contribution >= 4 is 0 Å². The molecular weight excluding hydrogens is 196 g/mol. The molecule has 0 aromatic heterocycles. The molecule has 1 heterocycles. The van der Waals surface area contributed by atoms with E-state index in [0.29, 0.717) is 0 Å². The summed E-state index contributed by atoms with van der Waals surface area (Å²) >= 11 is 0. The fourth-order valence-corrected chi connectivity index (χ4v) is 3.65. The minimum Gasteiger partial charge on any atom is -0.315 e. The molecule has 0 amide bonds. The standard InChI is InChI=1S/C14H28N2/c1-3-12-7-8-13(10-12)16(4-2)14-6-5-9-15-11-14/h12-15H,3-11H2,1-2H3. The Balaban J connectivity index is 1.88. The van der Waals surface area contributed by atoms with Crippen molar-refractivity contribution in [3.8, 4) is 0 Å². The lowest BCUT2D eigenvalue weighted by molar-refractivity contribution is 0.118. The van der Waals surface area contributed by atoms with Crippen LogP contribution in [0.15, 0.2) is 0 Å². The summed E-state index contributed by atoms with van der Waals surface area (Å²) < 4.78 is 0. The molecule has 0 aromatic carbocycles. The van der Waals surface area contributed by atoms with Crippen LogP contribution in [0.5, 0.6) is 0 Å². The average molecular weight is 224 g/mol. The zero-order valence-electron chi connectivity index (χ0n) is 11.0. The summed E-state index contributed by atoms with van der Waals surface area (Å²) in [5, 5.41) is 3.56. The van der Waals surface area contributed by atoms with Crippen molar-refractivity contribution < 1.29 is 0 Å². The summed E-state index contributed by atoms with van der Waals surface area (Å²) in [6.45, 7) is 8.39. The van der Waals surface area contributed by atoms with E-state index in [-0.39, 0.29) is 0 Å². The Labute approximate surface area is 101 Å². The summed E-state index contributed by atoms with van der Waals surface area (Å²) in [4.78, 5) is 2.79. The van der Waals surface area contributed by atoms with Gasteiger partial charge < -0.3 is 5.32 Å². The van der Waals surface area contributed by atoms with Crippen molar-refractivity contribution in [2.24, 2.45) is 5.92 Å². The van der Waals surface area contributed by atoms with Crippen LogP contribution in [-0.4, -0.2) is 36.6 Å². The molecule has 1 aliphatic heterocycles. The summed E-state index contributed by atoms with van der Waals surface area (Å²) in [6.07, 6.45) is 8.54. The molecule has 1 N–H and O–H groups in total. The molecule has 2 aliphatic rings. The van der Waals surface area contributed by atoms with Gasteiger partial charge in [0.15, 0.2) is 0 Å². The van der Waals surface area contributed by atoms with Gasteiger partial charge in [-0.1, -0.05) is 20.3 Å². The monoisotopic (exact) mass is 224 g/mol. The molecule has 0 bridgehead atoms. The quantitative estimate of drug-likeness (QED) is 0.790. The smallest absolute Gasteiger partial charge is 0.0223 e. The number of rotatable bonds is 4. The number of piperidine rings is 1. The molecule has 3 unspecified atom stereocenters. The molecular formula is C14H28N2. The topological polar surface area (TPSA) is 15.3 Å². The number of hydrogen-bond acceptors (Lipinski definition) is 2. The van der Waals surface area contributed by atoms with Crippen LogP contribution in [0.1, 0.15) is 52.4 Å². The molecule has 3 atom stereocenters. The van der Waals surface area contributed by atoms with E-state index in [1.165, 1.54) is 58.2 Å². The molecule has 2 heteroatoms. The molecule has 94 valence electrons. The van der Waals surface area contributed by atoms with Gasteiger partial charge in [-0.3, -0.25) is 4.90 Å². The van der Waals surface area contributed by atoms with E-state index in [2.05, 4.69) is 24.1 Å². The zero-order chi connectivity index (χ0) is 11.4. The average Bonchev–Trinajstić information content (AvgIpc) is 2.80. The second-order valence-electron chi connectivity index (χ2n) is 5.57. The normalized spacial score (nSPS) is 35.8. The minimum atomic E-state index is 0.819. The minimum absolute atomic E-state index is 0.819. The maximum atomic E-state index is 3.56. The van der Waals surface area contributed by atoms with Crippen molar-refractivity contribution in [3.63, 3.8) is 0 Å². The van der Waals surface area contributed by atoms with Crippen molar-refractivity contribution in [2.75, 3.05) is 19.6 Å². The van der Waals surface area contributed by atoms with Crippen molar-refractivity contribution in [1.29, 1.82) is 0 Å². The molecule has 0 radical (unpaired) electrons. The molecule has 1 saturated carbocycles. The SMILES string of the molecule is CCC1CCC(N(CC)C2CCCNC2)C1. The number of hydrogen-bond donors (Lipinski definition) is 1. The van der Waals surface area contributed by atoms with Gasteiger partial charge in [0.1, 0.15) is 0 Å². The van der Waals surface area contributed by atoms with Crippen LogP contribution < -0.4 is 5.32 Å². The van der Waals surface area contributed by atoms with Crippen LogP contribution in [0.2, 0.25) is 0 Å². The van der Waals surface area contributed by atoms with Gasteiger partial charge in [-0.2, -0.15) is 0 Å². The highest BCUT2D eigenvalue weighted by atomic mass is 15.2. The fraction of sp³-hybridized carbons (Fsp3) is 1.00. The predicted molar refractivity (Wildman–Crippen MR) is 69.7 cm³/mol. The Kier molecular flexibility index (Phi) is 4.66. The van der Waals surface area contributed by atoms with Gasteiger partial charge in [0.25, 0.3) is 0 Å². The third-order valence-corrected chi connectivity index (χ3v) is 4.66. The van der Waals surface area contributed by atoms with Gasteiger partial charge in [-0.05, 0) is 51.1 Å². The number of likely N-dealkylation sites (N-methyl/N-ethyl adjacent to an activating group) is 1. The van der Waals surface area contributed by atoms with Crippen LogP contribution in [0.4, 0.5) is 0 Å². The lowest BCUT2D eigenvalue weighted by atomic mass is 10.0. The molecule has 0 aromatic rings. The first kappa shape index (κ1) is 12.4. The molecule has 16 heavy (non-hydrogen) atoms. The second kappa shape index (κ2) is 6.02. The summed E-state index contributed by atoms with van der Waals surface area (Å²) in [7, 11) is 0. The molecule has 2 fully saturated rings. The fourth-order valence-electron chi connectivity index (χ4n) is 3.65. The third-order valence-electron chi connectivity index (χ3n) is 4.66. The van der Waals surface area contributed by atoms with Crippen molar-refractivity contribution in [3.05, 3.63) is 0 Å². The van der Waals surface area contributed by atoms with Crippen molar-refractivity contribution in [1.82, 2.24) is 10.2 Å². The van der Waals surface area contributed by atoms with Gasteiger partial charge >= 0.3 is 0 Å². The second-order valence-corrected chi connectivity index (χ2v) is 5.57. The van der Waals surface area contributed by atoms with E-state index >= 15 is 0 Å². The highest BCUT2D eigenvalue weighted by molar-refractivity contribution is 4.87. The van der Waals surface area contributed by atoms with Gasteiger partial charge in [0.2, 0.25) is 0 Å². The first-order chi connectivity index (χ1) is 7.85. The first-order valence-corrected chi connectivity index (χ1v) is 7.31. The summed E-state index contributed by atoms with van der Waals surface area (Å²) in [5.74, 6) is 1.01. The van der Waals surface area contributed by atoms with Gasteiger partial charge in [0.05, 0.1) is 0 Å². The van der Waals surface area contributed by atoms with Crippen molar-refractivity contribution in [2.45, 2.75) is 64.5 Å². The highest BCUT2D eigenvalue weighted by Crippen LogP contribution is 2.32. The molecule has 2 nitrogen and oxygen atoms in total. The van der Waals surface area contributed by atoms with Gasteiger partial charge in [-0.15, -0.1) is 0 Å². The highest BCUT2D eigenvalue weighted by Gasteiger charge is 2.31. The Morgan fingerprint density at radius 1 is 1.12 bits per heavy atom. The zero-order valence-corrected chi connectivity index (χ0v) is 11.0. The lowest BCUT2D eigenvalue weighted by Gasteiger charge is -2.38. The van der Waals surface area contributed by atoms with Crippen LogP contribution in [-0.2, 0) is 0 Å². The van der Waals surface area contributed by atoms with E-state index in [9.17, 15) is 0 Å². The Hall–Kier alpha value is -0.0800. The summed E-state index contributed by atoms with van der Waals surface area (Å²) in [5.41, 5.74) is 0. The summed E-state index contributed by atoms with van der Waals surface area (Å²) in [6, 6.07) is 1.71. The van der Waals surface area contributed by atoms with Gasteiger partial charge in [0, 0.05) is 18.6 Å². The molecule has 1 aliphatic carbocycles. The third kappa shape index (κ3) is 2.78. The Morgan fingerprint density at radius 2 is 2.00 bits per heavy atom. The van der Waals surface area contributed by atoms with E-state index in [4.69, 9.17) is 0 Å².